The van der Waals surface area contributed by atoms with E-state index < -0.39 is 0 Å². The fourth-order valence-electron chi connectivity index (χ4n) is 4.14. The van der Waals surface area contributed by atoms with Gasteiger partial charge in [0.1, 0.15) is 0 Å². The number of methoxy groups -OCH3 is 2. The molecule has 0 radical (unpaired) electrons. The molecule has 0 spiro atoms. The zero-order valence-electron chi connectivity index (χ0n) is 17.0. The van der Waals surface area contributed by atoms with Crippen molar-refractivity contribution in [1.29, 1.82) is 0 Å². The third-order valence-electron chi connectivity index (χ3n) is 5.85. The van der Waals surface area contributed by atoms with Gasteiger partial charge in [-0.3, -0.25) is 0 Å². The van der Waals surface area contributed by atoms with Crippen LogP contribution in [0.5, 0.6) is 0 Å². The lowest BCUT2D eigenvalue weighted by atomic mass is 9.85. The maximum absolute atomic E-state index is 12.1. The van der Waals surface area contributed by atoms with Gasteiger partial charge in [0.2, 0.25) is 0 Å². The third kappa shape index (κ3) is 6.27. The Bertz CT molecular complexity index is 576. The van der Waals surface area contributed by atoms with Crippen LogP contribution in [0.4, 0.5) is 0 Å². The molecule has 0 amide bonds. The molecule has 0 unspecified atom stereocenters. The minimum absolute atomic E-state index is 0.0922. The third-order valence-corrected chi connectivity index (χ3v) is 5.85. The molecule has 6 heteroatoms. The summed E-state index contributed by atoms with van der Waals surface area (Å²) >= 11 is 0. The largest absolute Gasteiger partial charge is 0.375 e. The lowest BCUT2D eigenvalue weighted by Crippen LogP contribution is -2.40. The highest BCUT2D eigenvalue weighted by molar-refractivity contribution is 5.89. The maximum Gasteiger partial charge on any atom is 0.357 e. The van der Waals surface area contributed by atoms with Gasteiger partial charge < -0.3 is 19.0 Å². The second kappa shape index (κ2) is 10.9. The first-order valence-electron chi connectivity index (χ1n) is 10.4. The molecule has 2 fully saturated rings. The van der Waals surface area contributed by atoms with E-state index in [4.69, 9.17) is 19.0 Å². The van der Waals surface area contributed by atoms with Crippen LogP contribution in [-0.4, -0.2) is 56.8 Å². The van der Waals surface area contributed by atoms with Crippen LogP contribution in [0.15, 0.2) is 30.3 Å². The summed E-state index contributed by atoms with van der Waals surface area (Å²) in [5.41, 5.74) is 0.585. The number of rotatable bonds is 8. The number of benzene rings is 1. The molecule has 1 aliphatic heterocycles. The predicted molar refractivity (Wildman–Crippen MR) is 106 cm³/mol. The molecule has 0 N–H and O–H groups in total. The van der Waals surface area contributed by atoms with Crippen molar-refractivity contribution in [3.05, 3.63) is 35.9 Å². The molecule has 0 aromatic heterocycles. The Kier molecular flexibility index (Phi) is 8.27. The van der Waals surface area contributed by atoms with E-state index in [9.17, 15) is 4.79 Å². The molecule has 1 aromatic rings. The molecule has 1 aliphatic carbocycles. The van der Waals surface area contributed by atoms with Crippen LogP contribution >= 0.6 is 0 Å². The van der Waals surface area contributed by atoms with Gasteiger partial charge in [-0.05, 0) is 56.6 Å². The molecule has 28 heavy (non-hydrogen) atoms. The second-order valence-electron chi connectivity index (χ2n) is 7.79. The Morgan fingerprint density at radius 3 is 2.18 bits per heavy atom. The quantitative estimate of drug-likeness (QED) is 0.628. The summed E-state index contributed by atoms with van der Waals surface area (Å²) < 4.78 is 17.0. The van der Waals surface area contributed by atoms with Gasteiger partial charge in [0.05, 0.1) is 17.8 Å². The van der Waals surface area contributed by atoms with Gasteiger partial charge in [-0.25, -0.2) is 4.79 Å². The van der Waals surface area contributed by atoms with Crippen molar-refractivity contribution < 1.29 is 23.8 Å². The van der Waals surface area contributed by atoms with E-state index in [-0.39, 0.29) is 18.4 Å². The van der Waals surface area contributed by atoms with Crippen LogP contribution < -0.4 is 0 Å². The van der Waals surface area contributed by atoms with Gasteiger partial charge in [-0.1, -0.05) is 18.2 Å². The van der Waals surface area contributed by atoms with Gasteiger partial charge in [0, 0.05) is 33.7 Å². The maximum atomic E-state index is 12.1. The van der Waals surface area contributed by atoms with E-state index in [2.05, 4.69) is 0 Å². The molecular formula is C22H33NO5. The number of hydrogen-bond donors (Lipinski definition) is 0. The second-order valence-corrected chi connectivity index (χ2v) is 7.79. The lowest BCUT2D eigenvalue weighted by Gasteiger charge is -2.35. The molecule has 6 nitrogen and oxygen atoms in total. The van der Waals surface area contributed by atoms with E-state index in [1.165, 1.54) is 12.8 Å². The highest BCUT2D eigenvalue weighted by atomic mass is 16.7. The van der Waals surface area contributed by atoms with Gasteiger partial charge in [-0.2, -0.15) is 0 Å². The summed E-state index contributed by atoms with van der Waals surface area (Å²) in [4.78, 5) is 17.7. The summed E-state index contributed by atoms with van der Waals surface area (Å²) in [6.45, 7) is 1.45. The monoisotopic (exact) mass is 391 g/mol. The standard InChI is InChI=1S/C22H33NO5/c1-25-21(26-2)16-17-8-10-19(11-9-17)27-20-12-14-23(15-13-20)28-22(24)18-6-4-3-5-7-18/h3-7,17,19-21H,8-16H2,1-2H3. The number of hydrogen-bond acceptors (Lipinski definition) is 6. The molecule has 1 aromatic carbocycles. The van der Waals surface area contributed by atoms with Gasteiger partial charge in [0.15, 0.2) is 6.29 Å². The van der Waals surface area contributed by atoms with E-state index in [1.54, 1.807) is 31.4 Å². The minimum atomic E-state index is -0.288. The van der Waals surface area contributed by atoms with Crippen LogP contribution in [0.1, 0.15) is 55.3 Å². The average Bonchev–Trinajstić information content (AvgIpc) is 2.75. The van der Waals surface area contributed by atoms with Crippen molar-refractivity contribution >= 4 is 5.97 Å². The van der Waals surface area contributed by atoms with Crippen molar-refractivity contribution in [2.24, 2.45) is 5.92 Å². The Morgan fingerprint density at radius 2 is 1.57 bits per heavy atom. The predicted octanol–water partition coefficient (Wildman–Crippen LogP) is 3.81. The van der Waals surface area contributed by atoms with Gasteiger partial charge in [-0.15, -0.1) is 5.06 Å². The molecule has 1 heterocycles. The summed E-state index contributed by atoms with van der Waals surface area (Å²) in [7, 11) is 3.40. The smallest absolute Gasteiger partial charge is 0.357 e. The zero-order chi connectivity index (χ0) is 19.8. The Hall–Kier alpha value is -1.47. The lowest BCUT2D eigenvalue weighted by molar-refractivity contribution is -0.151. The summed E-state index contributed by atoms with van der Waals surface area (Å²) in [6, 6.07) is 9.12. The fraction of sp³-hybridized carbons (Fsp3) is 0.682. The van der Waals surface area contributed by atoms with E-state index >= 15 is 0 Å². The highest BCUT2D eigenvalue weighted by Gasteiger charge is 2.29. The summed E-state index contributed by atoms with van der Waals surface area (Å²) in [5.74, 6) is 0.368. The fourth-order valence-corrected chi connectivity index (χ4v) is 4.14. The van der Waals surface area contributed by atoms with Crippen molar-refractivity contribution in [3.63, 3.8) is 0 Å². The van der Waals surface area contributed by atoms with Crippen LogP contribution in [0, 0.1) is 5.92 Å². The molecule has 1 saturated heterocycles. The molecule has 3 rings (SSSR count). The average molecular weight is 392 g/mol. The number of carbonyl (C=O) groups is 1. The zero-order valence-corrected chi connectivity index (χ0v) is 17.0. The van der Waals surface area contributed by atoms with Crippen LogP contribution in [0.3, 0.4) is 0 Å². The molecule has 0 atom stereocenters. The van der Waals surface area contributed by atoms with E-state index in [1.807, 2.05) is 18.2 Å². The normalized spacial score (nSPS) is 24.4. The SMILES string of the molecule is COC(CC1CCC(OC2CCN(OC(=O)c3ccccc3)CC2)CC1)OC. The molecule has 2 aliphatic rings. The van der Waals surface area contributed by atoms with Crippen molar-refractivity contribution in [2.45, 2.75) is 63.4 Å². The summed E-state index contributed by atoms with van der Waals surface area (Å²) in [6.07, 6.45) is 7.83. The van der Waals surface area contributed by atoms with Crippen LogP contribution in [0.25, 0.3) is 0 Å². The first kappa shape index (κ1) is 21.2. The Morgan fingerprint density at radius 1 is 0.964 bits per heavy atom. The van der Waals surface area contributed by atoms with Crippen molar-refractivity contribution in [2.75, 3.05) is 27.3 Å². The Balaban J connectivity index is 1.33. The molecule has 0 bridgehead atoms. The van der Waals surface area contributed by atoms with Gasteiger partial charge in [0.25, 0.3) is 0 Å². The molecule has 156 valence electrons. The van der Waals surface area contributed by atoms with Crippen LogP contribution in [-0.2, 0) is 19.0 Å². The number of nitrogens with zero attached hydrogens (tertiary/aromatic N) is 1. The summed E-state index contributed by atoms with van der Waals surface area (Å²) in [5, 5.41) is 1.77. The topological polar surface area (TPSA) is 57.2 Å². The van der Waals surface area contributed by atoms with Crippen LogP contribution in [0.2, 0.25) is 0 Å². The first-order chi connectivity index (χ1) is 13.7. The van der Waals surface area contributed by atoms with E-state index in [0.29, 0.717) is 17.6 Å². The van der Waals surface area contributed by atoms with Crippen molar-refractivity contribution in [3.8, 4) is 0 Å². The molecule has 1 saturated carbocycles. The minimum Gasteiger partial charge on any atom is -0.375 e. The number of ether oxygens (including phenoxy) is 3. The number of piperidine rings is 1. The highest BCUT2D eigenvalue weighted by Crippen LogP contribution is 2.31. The van der Waals surface area contributed by atoms with Gasteiger partial charge >= 0.3 is 5.97 Å². The number of hydroxylamine groups is 2. The van der Waals surface area contributed by atoms with E-state index in [0.717, 1.165) is 45.2 Å². The van der Waals surface area contributed by atoms with Crippen molar-refractivity contribution in [1.82, 2.24) is 5.06 Å². The molecular weight excluding hydrogens is 358 g/mol. The number of carbonyl (C=O) groups excluding carboxylic acids is 1. The first-order valence-corrected chi connectivity index (χ1v) is 10.4. The Labute approximate surface area is 168 Å².